The third kappa shape index (κ3) is 4.39. The molecule has 0 unspecified atom stereocenters. The Bertz CT molecular complexity index is 983. The second-order valence-electron chi connectivity index (χ2n) is 5.19. The number of benzene rings is 1. The predicted octanol–water partition coefficient (Wildman–Crippen LogP) is 3.62. The Kier molecular flexibility index (Phi) is 6.57. The van der Waals surface area contributed by atoms with E-state index in [2.05, 4.69) is 10.3 Å². The SMILES string of the molecule is CCOC(=O)C(=CNc1cc(N)c(F)cn1)C(=O)c1cc(F)c(F)c(Cl)c1F. The maximum Gasteiger partial charge on any atom is 0.343 e. The van der Waals surface area contributed by atoms with Crippen LogP contribution in [0.25, 0.3) is 0 Å². The summed E-state index contributed by atoms with van der Waals surface area (Å²) in [5.74, 6) is -8.19. The van der Waals surface area contributed by atoms with E-state index < -0.39 is 51.2 Å². The third-order valence-electron chi connectivity index (χ3n) is 3.34. The molecule has 0 saturated carbocycles. The summed E-state index contributed by atoms with van der Waals surface area (Å²) in [6.45, 7) is 1.32. The van der Waals surface area contributed by atoms with Crippen LogP contribution >= 0.6 is 11.6 Å². The number of pyridine rings is 1. The molecule has 0 saturated heterocycles. The van der Waals surface area contributed by atoms with Gasteiger partial charge in [0.15, 0.2) is 23.3 Å². The number of carbonyl (C=O) groups excluding carboxylic acids is 2. The van der Waals surface area contributed by atoms with Crippen LogP contribution in [0.5, 0.6) is 0 Å². The number of nitrogen functional groups attached to an aromatic ring is 1. The van der Waals surface area contributed by atoms with Gasteiger partial charge in [-0.25, -0.2) is 27.3 Å². The molecule has 1 heterocycles. The molecule has 0 fully saturated rings. The highest BCUT2D eigenvalue weighted by Crippen LogP contribution is 2.26. The molecule has 0 radical (unpaired) electrons. The minimum Gasteiger partial charge on any atom is -0.462 e. The number of hydrogen-bond acceptors (Lipinski definition) is 6. The number of nitrogens with one attached hydrogen (secondary N) is 1. The molecule has 0 aliphatic heterocycles. The Morgan fingerprint density at radius 2 is 1.89 bits per heavy atom. The average molecular weight is 418 g/mol. The molecule has 0 atom stereocenters. The fraction of sp³-hybridized carbons (Fsp3) is 0.118. The maximum atomic E-state index is 14.1. The van der Waals surface area contributed by atoms with Crippen molar-refractivity contribution in [3.63, 3.8) is 0 Å². The Hall–Kier alpha value is -3.14. The van der Waals surface area contributed by atoms with Crippen molar-refractivity contribution in [2.75, 3.05) is 17.7 Å². The van der Waals surface area contributed by atoms with Crippen LogP contribution in [0.4, 0.5) is 29.1 Å². The van der Waals surface area contributed by atoms with Crippen LogP contribution < -0.4 is 11.1 Å². The molecular weight excluding hydrogens is 406 g/mol. The van der Waals surface area contributed by atoms with E-state index in [9.17, 15) is 27.2 Å². The molecule has 0 bridgehead atoms. The molecule has 6 nitrogen and oxygen atoms in total. The zero-order valence-corrected chi connectivity index (χ0v) is 14.9. The monoisotopic (exact) mass is 417 g/mol. The first-order chi connectivity index (χ1) is 13.2. The van der Waals surface area contributed by atoms with E-state index in [1.54, 1.807) is 0 Å². The third-order valence-corrected chi connectivity index (χ3v) is 3.67. The first-order valence-electron chi connectivity index (χ1n) is 7.59. The average Bonchev–Trinajstić information content (AvgIpc) is 2.66. The van der Waals surface area contributed by atoms with Crippen molar-refractivity contribution < 1.29 is 31.9 Å². The molecule has 3 N–H and O–H groups in total. The minimum atomic E-state index is -1.68. The number of rotatable bonds is 6. The van der Waals surface area contributed by atoms with Crippen molar-refractivity contribution >= 4 is 34.9 Å². The van der Waals surface area contributed by atoms with E-state index in [4.69, 9.17) is 22.1 Å². The molecule has 1 aromatic heterocycles. The van der Waals surface area contributed by atoms with Gasteiger partial charge in [0.25, 0.3) is 0 Å². The van der Waals surface area contributed by atoms with Crippen molar-refractivity contribution in [3.8, 4) is 0 Å². The largest absolute Gasteiger partial charge is 0.462 e. The summed E-state index contributed by atoms with van der Waals surface area (Å²) in [5, 5.41) is 1.16. The van der Waals surface area contributed by atoms with E-state index in [0.29, 0.717) is 0 Å². The topological polar surface area (TPSA) is 94.3 Å². The number of hydrogen-bond donors (Lipinski definition) is 2. The van der Waals surface area contributed by atoms with Crippen molar-refractivity contribution in [2.45, 2.75) is 6.92 Å². The zero-order valence-electron chi connectivity index (χ0n) is 14.2. The van der Waals surface area contributed by atoms with Crippen LogP contribution in [0, 0.1) is 23.3 Å². The Morgan fingerprint density at radius 3 is 2.50 bits per heavy atom. The number of nitrogens with two attached hydrogens (primary N) is 1. The number of anilines is 2. The summed E-state index contributed by atoms with van der Waals surface area (Å²) in [5.41, 5.74) is 3.35. The van der Waals surface area contributed by atoms with Gasteiger partial charge in [-0.05, 0) is 13.0 Å². The highest BCUT2D eigenvalue weighted by atomic mass is 35.5. The quantitative estimate of drug-likeness (QED) is 0.109. The molecule has 2 aromatic rings. The van der Waals surface area contributed by atoms with Gasteiger partial charge in [-0.3, -0.25) is 4.79 Å². The van der Waals surface area contributed by atoms with Gasteiger partial charge in [-0.2, -0.15) is 0 Å². The fourth-order valence-corrected chi connectivity index (χ4v) is 2.18. The molecule has 148 valence electrons. The maximum absolute atomic E-state index is 14.1. The molecule has 0 spiro atoms. The van der Waals surface area contributed by atoms with Crippen LogP contribution in [0.3, 0.4) is 0 Å². The van der Waals surface area contributed by atoms with Gasteiger partial charge < -0.3 is 15.8 Å². The van der Waals surface area contributed by atoms with E-state index >= 15 is 0 Å². The molecule has 0 amide bonds. The van der Waals surface area contributed by atoms with Crippen molar-refractivity contribution in [2.24, 2.45) is 0 Å². The second kappa shape index (κ2) is 8.70. The normalized spacial score (nSPS) is 11.3. The van der Waals surface area contributed by atoms with Gasteiger partial charge in [0, 0.05) is 12.3 Å². The molecule has 2 rings (SSSR count). The predicted molar refractivity (Wildman–Crippen MR) is 92.6 cm³/mol. The summed E-state index contributed by atoms with van der Waals surface area (Å²) < 4.78 is 58.9. The zero-order chi connectivity index (χ0) is 21.0. The van der Waals surface area contributed by atoms with Gasteiger partial charge >= 0.3 is 5.97 Å². The summed E-state index contributed by atoms with van der Waals surface area (Å²) in [4.78, 5) is 28.2. The summed E-state index contributed by atoms with van der Waals surface area (Å²) >= 11 is 5.33. The van der Waals surface area contributed by atoms with E-state index in [1.807, 2.05) is 0 Å². The summed E-state index contributed by atoms with van der Waals surface area (Å²) in [6, 6.07) is 1.33. The minimum absolute atomic E-state index is 0.0581. The number of halogens is 5. The number of esters is 1. The second-order valence-corrected chi connectivity index (χ2v) is 5.57. The smallest absolute Gasteiger partial charge is 0.343 e. The molecule has 0 aliphatic carbocycles. The Labute approximate surface area is 160 Å². The van der Waals surface area contributed by atoms with Crippen LogP contribution in [-0.4, -0.2) is 23.3 Å². The number of carbonyl (C=O) groups is 2. The van der Waals surface area contributed by atoms with E-state index in [1.165, 1.54) is 6.92 Å². The number of aromatic nitrogens is 1. The lowest BCUT2D eigenvalue weighted by atomic mass is 10.0. The molecule has 11 heteroatoms. The molecule has 28 heavy (non-hydrogen) atoms. The number of ether oxygens (including phenoxy) is 1. The number of Topliss-reactive ketones (excluding diaryl/α,β-unsaturated/α-hetero) is 1. The Morgan fingerprint density at radius 1 is 1.21 bits per heavy atom. The first-order valence-corrected chi connectivity index (χ1v) is 7.97. The fourth-order valence-electron chi connectivity index (χ4n) is 1.99. The Balaban J connectivity index is 2.47. The van der Waals surface area contributed by atoms with Crippen molar-refractivity contribution in [1.82, 2.24) is 4.98 Å². The van der Waals surface area contributed by atoms with Gasteiger partial charge in [0.05, 0.1) is 24.1 Å². The lowest BCUT2D eigenvalue weighted by Crippen LogP contribution is -2.19. The highest BCUT2D eigenvalue weighted by Gasteiger charge is 2.28. The number of ketones is 1. The van der Waals surface area contributed by atoms with Crippen LogP contribution in [0.1, 0.15) is 17.3 Å². The molecule has 0 aliphatic rings. The molecular formula is C17H12ClF4N3O3. The first kappa shape index (κ1) is 21.2. The standard InChI is InChI=1S/C17H12ClF4N3O3/c1-2-28-17(27)8(5-24-12-4-11(23)10(20)6-25-12)16(26)7-3-9(19)15(22)13(18)14(7)21/h3-6H,2H2,1H3,(H3,23,24,25). The highest BCUT2D eigenvalue weighted by molar-refractivity contribution is 6.32. The summed E-state index contributed by atoms with van der Waals surface area (Å²) in [7, 11) is 0. The van der Waals surface area contributed by atoms with Gasteiger partial charge in [0.2, 0.25) is 5.78 Å². The van der Waals surface area contributed by atoms with Crippen LogP contribution in [0.2, 0.25) is 5.02 Å². The number of nitrogens with zero attached hydrogens (tertiary/aromatic N) is 1. The van der Waals surface area contributed by atoms with E-state index in [-0.39, 0.29) is 24.2 Å². The lowest BCUT2D eigenvalue weighted by Gasteiger charge is -2.10. The lowest BCUT2D eigenvalue weighted by molar-refractivity contribution is -0.138. The van der Waals surface area contributed by atoms with Crippen molar-refractivity contribution in [1.29, 1.82) is 0 Å². The van der Waals surface area contributed by atoms with E-state index in [0.717, 1.165) is 18.5 Å². The van der Waals surface area contributed by atoms with Gasteiger partial charge in [0.1, 0.15) is 16.4 Å². The van der Waals surface area contributed by atoms with Gasteiger partial charge in [-0.15, -0.1) is 0 Å². The van der Waals surface area contributed by atoms with Gasteiger partial charge in [-0.1, -0.05) is 11.6 Å². The van der Waals surface area contributed by atoms with Crippen molar-refractivity contribution in [3.05, 3.63) is 64.0 Å². The molecule has 1 aromatic carbocycles. The summed E-state index contributed by atoms with van der Waals surface area (Å²) in [6.07, 6.45) is 1.57. The van der Waals surface area contributed by atoms with Crippen LogP contribution in [-0.2, 0) is 9.53 Å². The van der Waals surface area contributed by atoms with Crippen LogP contribution in [0.15, 0.2) is 30.1 Å².